The minimum atomic E-state index is 0.170. The first-order chi connectivity index (χ1) is 10.8. The van der Waals surface area contributed by atoms with Crippen LogP contribution in [0.25, 0.3) is 0 Å². The van der Waals surface area contributed by atoms with Crippen molar-refractivity contribution in [2.75, 3.05) is 20.2 Å². The smallest absolute Gasteiger partial charge is 0.220 e. The van der Waals surface area contributed by atoms with Gasteiger partial charge in [0.05, 0.1) is 13.2 Å². The van der Waals surface area contributed by atoms with Crippen LogP contribution in [-0.4, -0.2) is 26.1 Å². The van der Waals surface area contributed by atoms with E-state index >= 15 is 0 Å². The number of methoxy groups -OCH3 is 1. The molecule has 4 heteroatoms. The molecule has 0 aromatic heterocycles. The Labute approximate surface area is 132 Å². The summed E-state index contributed by atoms with van der Waals surface area (Å²) >= 11 is 0. The molecule has 1 aromatic rings. The van der Waals surface area contributed by atoms with Crippen LogP contribution in [0, 0.1) is 5.92 Å². The second-order valence-electron chi connectivity index (χ2n) is 6.47. The maximum atomic E-state index is 12.2. The number of carbonyl (C=O) groups excluding carboxylic acids is 1. The molecule has 1 aliphatic carbocycles. The number of carbonyl (C=O) groups is 1. The Balaban J connectivity index is 1.57. The number of benzene rings is 1. The van der Waals surface area contributed by atoms with Gasteiger partial charge in [0.25, 0.3) is 0 Å². The monoisotopic (exact) mass is 302 g/mol. The predicted molar refractivity (Wildman–Crippen MR) is 87.0 cm³/mol. The van der Waals surface area contributed by atoms with Crippen LogP contribution >= 0.6 is 0 Å². The maximum absolute atomic E-state index is 12.2. The van der Waals surface area contributed by atoms with Gasteiger partial charge in [0, 0.05) is 6.42 Å². The number of hydrogen-bond acceptors (Lipinski definition) is 3. The van der Waals surface area contributed by atoms with Gasteiger partial charge in [0.2, 0.25) is 5.91 Å². The van der Waals surface area contributed by atoms with E-state index in [-0.39, 0.29) is 11.9 Å². The largest absolute Gasteiger partial charge is 0.497 e. The van der Waals surface area contributed by atoms with E-state index in [9.17, 15) is 4.79 Å². The number of hydrogen-bond donors (Lipinski definition) is 2. The average molecular weight is 302 g/mol. The van der Waals surface area contributed by atoms with E-state index in [1.807, 2.05) is 6.07 Å². The molecule has 22 heavy (non-hydrogen) atoms. The zero-order chi connectivity index (χ0) is 15.4. The molecule has 2 aliphatic rings. The minimum absolute atomic E-state index is 0.170. The molecule has 1 amide bonds. The second-order valence-corrected chi connectivity index (χ2v) is 6.47. The van der Waals surface area contributed by atoms with Crippen LogP contribution < -0.4 is 15.4 Å². The Morgan fingerprint density at radius 3 is 3.09 bits per heavy atom. The summed E-state index contributed by atoms with van der Waals surface area (Å²) in [6, 6.07) is 6.38. The predicted octanol–water partition coefficient (Wildman–Crippen LogP) is 2.58. The van der Waals surface area contributed by atoms with Crippen LogP contribution in [0.2, 0.25) is 0 Å². The third-order valence-electron chi connectivity index (χ3n) is 4.94. The standard InChI is InChI=1S/C18H26N2O2/c1-22-15-6-7-16-14(11-15)3-2-4-17(16)20-18(21)8-5-13-9-10-19-12-13/h6-7,11,13,17,19H,2-5,8-10,12H2,1H3,(H,20,21). The lowest BCUT2D eigenvalue weighted by molar-refractivity contribution is -0.122. The van der Waals surface area contributed by atoms with Gasteiger partial charge in [0.15, 0.2) is 0 Å². The first kappa shape index (κ1) is 15.3. The maximum Gasteiger partial charge on any atom is 0.220 e. The number of rotatable bonds is 5. The molecule has 2 atom stereocenters. The van der Waals surface area contributed by atoms with Crippen LogP contribution in [0.3, 0.4) is 0 Å². The topological polar surface area (TPSA) is 50.4 Å². The number of ether oxygens (including phenoxy) is 1. The molecule has 1 aromatic carbocycles. The number of nitrogens with one attached hydrogen (secondary N) is 2. The van der Waals surface area contributed by atoms with Gasteiger partial charge in [-0.3, -0.25) is 4.79 Å². The molecular formula is C18H26N2O2. The molecule has 0 spiro atoms. The Morgan fingerprint density at radius 2 is 2.32 bits per heavy atom. The van der Waals surface area contributed by atoms with Crippen molar-refractivity contribution in [1.82, 2.24) is 10.6 Å². The fraction of sp³-hybridized carbons (Fsp3) is 0.611. The van der Waals surface area contributed by atoms with Crippen LogP contribution in [-0.2, 0) is 11.2 Å². The SMILES string of the molecule is COc1ccc2c(c1)CCCC2NC(=O)CCC1CCNC1. The van der Waals surface area contributed by atoms with Crippen molar-refractivity contribution in [2.45, 2.75) is 44.6 Å². The van der Waals surface area contributed by atoms with E-state index in [2.05, 4.69) is 22.8 Å². The highest BCUT2D eigenvalue weighted by molar-refractivity contribution is 5.76. The van der Waals surface area contributed by atoms with Crippen molar-refractivity contribution in [2.24, 2.45) is 5.92 Å². The summed E-state index contributed by atoms with van der Waals surface area (Å²) in [6.07, 6.45) is 6.09. The number of aryl methyl sites for hydroxylation is 1. The van der Waals surface area contributed by atoms with E-state index in [0.717, 1.165) is 44.5 Å². The molecule has 2 N–H and O–H groups in total. The normalized spacial score (nSPS) is 23.9. The lowest BCUT2D eigenvalue weighted by Gasteiger charge is -2.27. The molecule has 1 heterocycles. The summed E-state index contributed by atoms with van der Waals surface area (Å²) in [6.45, 7) is 2.17. The Hall–Kier alpha value is -1.55. The van der Waals surface area contributed by atoms with Gasteiger partial charge in [-0.15, -0.1) is 0 Å². The molecule has 1 fully saturated rings. The van der Waals surface area contributed by atoms with E-state index in [1.165, 1.54) is 17.5 Å². The molecule has 0 bridgehead atoms. The van der Waals surface area contributed by atoms with Gasteiger partial charge >= 0.3 is 0 Å². The molecular weight excluding hydrogens is 276 g/mol. The van der Waals surface area contributed by atoms with E-state index in [1.54, 1.807) is 7.11 Å². The van der Waals surface area contributed by atoms with Gasteiger partial charge in [-0.2, -0.15) is 0 Å². The van der Waals surface area contributed by atoms with Crippen molar-refractivity contribution in [3.8, 4) is 5.75 Å². The van der Waals surface area contributed by atoms with Gasteiger partial charge < -0.3 is 15.4 Å². The summed E-state index contributed by atoms with van der Waals surface area (Å²) in [5.41, 5.74) is 2.58. The highest BCUT2D eigenvalue weighted by atomic mass is 16.5. The van der Waals surface area contributed by atoms with Gasteiger partial charge in [-0.05, 0) is 74.4 Å². The van der Waals surface area contributed by atoms with E-state index in [0.29, 0.717) is 12.3 Å². The van der Waals surface area contributed by atoms with Gasteiger partial charge in [-0.25, -0.2) is 0 Å². The van der Waals surface area contributed by atoms with Crippen molar-refractivity contribution in [3.63, 3.8) is 0 Å². The molecule has 0 saturated carbocycles. The van der Waals surface area contributed by atoms with Crippen LogP contribution in [0.4, 0.5) is 0 Å². The molecule has 1 aliphatic heterocycles. The first-order valence-electron chi connectivity index (χ1n) is 8.43. The summed E-state index contributed by atoms with van der Waals surface area (Å²) in [5, 5.41) is 6.59. The number of amides is 1. The van der Waals surface area contributed by atoms with Gasteiger partial charge in [-0.1, -0.05) is 6.07 Å². The Bertz CT molecular complexity index is 524. The van der Waals surface area contributed by atoms with Crippen molar-refractivity contribution in [1.29, 1.82) is 0 Å². The summed E-state index contributed by atoms with van der Waals surface area (Å²) in [4.78, 5) is 12.2. The third kappa shape index (κ3) is 3.61. The quantitative estimate of drug-likeness (QED) is 0.879. The Morgan fingerprint density at radius 1 is 1.41 bits per heavy atom. The molecule has 1 saturated heterocycles. The molecule has 120 valence electrons. The lowest BCUT2D eigenvalue weighted by atomic mass is 9.87. The third-order valence-corrected chi connectivity index (χ3v) is 4.94. The van der Waals surface area contributed by atoms with Gasteiger partial charge in [0.1, 0.15) is 5.75 Å². The summed E-state index contributed by atoms with van der Waals surface area (Å²) in [5.74, 6) is 1.77. The highest BCUT2D eigenvalue weighted by Crippen LogP contribution is 2.32. The van der Waals surface area contributed by atoms with Crippen molar-refractivity contribution >= 4 is 5.91 Å². The molecule has 2 unspecified atom stereocenters. The molecule has 0 radical (unpaired) electrons. The minimum Gasteiger partial charge on any atom is -0.497 e. The van der Waals surface area contributed by atoms with Crippen LogP contribution in [0.15, 0.2) is 18.2 Å². The first-order valence-corrected chi connectivity index (χ1v) is 8.43. The van der Waals surface area contributed by atoms with Crippen LogP contribution in [0.1, 0.15) is 49.3 Å². The zero-order valence-corrected chi connectivity index (χ0v) is 13.4. The van der Waals surface area contributed by atoms with E-state index < -0.39 is 0 Å². The highest BCUT2D eigenvalue weighted by Gasteiger charge is 2.23. The van der Waals surface area contributed by atoms with E-state index in [4.69, 9.17) is 4.74 Å². The number of fused-ring (bicyclic) bond motifs is 1. The lowest BCUT2D eigenvalue weighted by Crippen LogP contribution is -2.31. The fourth-order valence-electron chi connectivity index (χ4n) is 3.63. The van der Waals surface area contributed by atoms with Crippen molar-refractivity contribution < 1.29 is 9.53 Å². The second kappa shape index (κ2) is 7.14. The summed E-state index contributed by atoms with van der Waals surface area (Å²) in [7, 11) is 1.70. The van der Waals surface area contributed by atoms with Crippen LogP contribution in [0.5, 0.6) is 5.75 Å². The van der Waals surface area contributed by atoms with Crippen molar-refractivity contribution in [3.05, 3.63) is 29.3 Å². The average Bonchev–Trinajstić information content (AvgIpc) is 3.06. The summed E-state index contributed by atoms with van der Waals surface area (Å²) < 4.78 is 5.30. The zero-order valence-electron chi connectivity index (χ0n) is 13.4. The molecule has 4 nitrogen and oxygen atoms in total. The Kier molecular flexibility index (Phi) is 4.98. The fourth-order valence-corrected chi connectivity index (χ4v) is 3.63. The molecule has 3 rings (SSSR count).